The Morgan fingerprint density at radius 1 is 1.21 bits per heavy atom. The molecule has 0 radical (unpaired) electrons. The summed E-state index contributed by atoms with van der Waals surface area (Å²) in [5, 5.41) is 7.75. The molecule has 2 amide bonds. The summed E-state index contributed by atoms with van der Waals surface area (Å²) in [6.45, 7) is 2.15. The van der Waals surface area contributed by atoms with Crippen molar-refractivity contribution in [2.75, 3.05) is 11.6 Å². The Morgan fingerprint density at radius 2 is 1.94 bits per heavy atom. The van der Waals surface area contributed by atoms with Crippen molar-refractivity contribution in [2.45, 2.75) is 42.7 Å². The molecule has 0 unspecified atom stereocenters. The summed E-state index contributed by atoms with van der Waals surface area (Å²) in [5.41, 5.74) is 0.519. The van der Waals surface area contributed by atoms with E-state index in [1.807, 2.05) is 0 Å². The average Bonchev–Trinajstić information content (AvgIpc) is 3.20. The van der Waals surface area contributed by atoms with Gasteiger partial charge in [0.1, 0.15) is 16.8 Å². The van der Waals surface area contributed by atoms with Crippen LogP contribution in [0, 0.1) is 5.92 Å². The van der Waals surface area contributed by atoms with Gasteiger partial charge < -0.3 is 10.2 Å². The molecule has 0 spiro atoms. The molecular weight excluding hydrogens is 478 g/mol. The van der Waals surface area contributed by atoms with Crippen LogP contribution in [0.1, 0.15) is 32.0 Å². The predicted molar refractivity (Wildman–Crippen MR) is 126 cm³/mol. The Balaban J connectivity index is 1.43. The second kappa shape index (κ2) is 8.02. The largest absolute Gasteiger partial charge is 0.322 e. The molecule has 6 rings (SSSR count). The average molecular weight is 502 g/mol. The Morgan fingerprint density at radius 3 is 2.59 bits per heavy atom. The van der Waals surface area contributed by atoms with Gasteiger partial charge in [-0.05, 0) is 43.4 Å². The van der Waals surface area contributed by atoms with Crippen LogP contribution in [-0.4, -0.2) is 56.4 Å². The molecule has 3 aromatic rings. The standard InChI is InChI=1S/C22H24ClN7O3S/c1-13-6-15-9-22(8-13,20-24-10-16(11-25-20)34(3,32)33)30(15)21(31)27-14-4-5-18(23)17(7-14)19-26-12-29(2)28-19/h4-5,7,10-13,15H,6,8-9H2,1-3H3,(H,27,31)/t13-,15+,22-/m0/s1. The number of piperidine rings is 1. The Kier molecular flexibility index (Phi) is 5.36. The number of carbonyl (C=O) groups is 1. The van der Waals surface area contributed by atoms with Crippen LogP contribution in [-0.2, 0) is 22.4 Å². The summed E-state index contributed by atoms with van der Waals surface area (Å²) in [5.74, 6) is 1.32. The van der Waals surface area contributed by atoms with Crippen LogP contribution >= 0.6 is 11.6 Å². The quantitative estimate of drug-likeness (QED) is 0.582. The van der Waals surface area contributed by atoms with Gasteiger partial charge in [0.05, 0.1) is 5.02 Å². The van der Waals surface area contributed by atoms with Gasteiger partial charge in [0.2, 0.25) is 0 Å². The maximum atomic E-state index is 13.5. The Labute approximate surface area is 202 Å². The van der Waals surface area contributed by atoms with E-state index in [0.29, 0.717) is 40.3 Å². The van der Waals surface area contributed by atoms with E-state index >= 15 is 0 Å². The molecule has 2 saturated heterocycles. The third kappa shape index (κ3) is 3.82. The highest BCUT2D eigenvalue weighted by molar-refractivity contribution is 7.90. The van der Waals surface area contributed by atoms with Crippen molar-refractivity contribution >= 4 is 33.2 Å². The lowest BCUT2D eigenvalue weighted by molar-refractivity contribution is -0.100. The van der Waals surface area contributed by atoms with Crippen LogP contribution in [0.25, 0.3) is 11.4 Å². The molecule has 2 bridgehead atoms. The van der Waals surface area contributed by atoms with Gasteiger partial charge in [-0.1, -0.05) is 18.5 Å². The molecule has 3 fully saturated rings. The zero-order valence-corrected chi connectivity index (χ0v) is 20.5. The lowest BCUT2D eigenvalue weighted by Crippen LogP contribution is -2.70. The molecular formula is C22H24ClN7O3S. The van der Waals surface area contributed by atoms with Crippen molar-refractivity contribution in [1.29, 1.82) is 0 Å². The SMILES string of the molecule is C[C@H]1C[C@@H]2C[C@](c3ncc(S(C)(=O)=O)cn3)(C1)N2C(=O)Nc1ccc(Cl)c(-c2ncn(C)n2)c1. The molecule has 2 aliphatic heterocycles. The fraction of sp³-hybridized carbons (Fsp3) is 0.409. The highest BCUT2D eigenvalue weighted by Gasteiger charge is 2.60. The van der Waals surface area contributed by atoms with Crippen molar-refractivity contribution < 1.29 is 13.2 Å². The fourth-order valence-corrected chi connectivity index (χ4v) is 5.82. The Hall–Kier alpha value is -3.05. The van der Waals surface area contributed by atoms with Gasteiger partial charge in [0.25, 0.3) is 0 Å². The molecule has 1 aromatic carbocycles. The number of amides is 2. The van der Waals surface area contributed by atoms with Crippen LogP contribution in [0.2, 0.25) is 5.02 Å². The van der Waals surface area contributed by atoms with Crippen molar-refractivity contribution in [2.24, 2.45) is 13.0 Å². The molecule has 3 aliphatic rings. The monoisotopic (exact) mass is 501 g/mol. The highest BCUT2D eigenvalue weighted by Crippen LogP contribution is 2.55. The van der Waals surface area contributed by atoms with Gasteiger partial charge in [-0.2, -0.15) is 5.10 Å². The number of benzene rings is 1. The first-order chi connectivity index (χ1) is 16.1. The van der Waals surface area contributed by atoms with Crippen LogP contribution in [0.5, 0.6) is 0 Å². The number of fused-ring (bicyclic) bond motifs is 2. The zero-order chi connectivity index (χ0) is 24.3. The Bertz CT molecular complexity index is 1380. The lowest BCUT2D eigenvalue weighted by Gasteiger charge is -2.62. The third-order valence-corrected chi connectivity index (χ3v) is 7.91. The van der Waals surface area contributed by atoms with E-state index in [-0.39, 0.29) is 17.0 Å². The number of hydrogen-bond donors (Lipinski definition) is 1. The number of urea groups is 1. The first-order valence-electron chi connectivity index (χ1n) is 10.9. The zero-order valence-electron chi connectivity index (χ0n) is 18.9. The molecule has 10 nitrogen and oxygen atoms in total. The number of nitrogens with one attached hydrogen (secondary N) is 1. The molecule has 12 heteroatoms. The van der Waals surface area contributed by atoms with E-state index in [1.54, 1.807) is 41.2 Å². The van der Waals surface area contributed by atoms with Gasteiger partial charge in [0, 0.05) is 43.0 Å². The third-order valence-electron chi connectivity index (χ3n) is 6.51. The number of nitrogens with zero attached hydrogens (tertiary/aromatic N) is 6. The minimum absolute atomic E-state index is 0.0557. The summed E-state index contributed by atoms with van der Waals surface area (Å²) >= 11 is 6.35. The molecule has 4 heterocycles. The van der Waals surface area contributed by atoms with Gasteiger partial charge in [-0.15, -0.1) is 0 Å². The topological polar surface area (TPSA) is 123 Å². The molecule has 3 atom stereocenters. The predicted octanol–water partition coefficient (Wildman–Crippen LogP) is 3.26. The van der Waals surface area contributed by atoms with Gasteiger partial charge in [0.15, 0.2) is 21.5 Å². The normalized spacial score (nSPS) is 23.9. The van der Waals surface area contributed by atoms with Crippen molar-refractivity contribution in [3.8, 4) is 11.4 Å². The van der Waals surface area contributed by atoms with Crippen LogP contribution in [0.15, 0.2) is 41.8 Å². The van der Waals surface area contributed by atoms with Crippen molar-refractivity contribution in [3.63, 3.8) is 0 Å². The smallest absolute Gasteiger partial charge is 0.308 e. The maximum absolute atomic E-state index is 13.5. The molecule has 1 N–H and O–H groups in total. The van der Waals surface area contributed by atoms with Gasteiger partial charge in [-0.25, -0.2) is 28.2 Å². The van der Waals surface area contributed by atoms with Crippen molar-refractivity contribution in [3.05, 3.63) is 47.8 Å². The van der Waals surface area contributed by atoms with Gasteiger partial charge >= 0.3 is 6.03 Å². The number of halogens is 1. The summed E-state index contributed by atoms with van der Waals surface area (Å²) in [6, 6.07) is 4.98. The number of rotatable bonds is 4. The molecule has 2 aromatic heterocycles. The first-order valence-corrected chi connectivity index (χ1v) is 13.1. The molecule has 1 aliphatic carbocycles. The summed E-state index contributed by atoms with van der Waals surface area (Å²) in [4.78, 5) is 28.3. The lowest BCUT2D eigenvalue weighted by atomic mass is 9.64. The molecule has 1 saturated carbocycles. The minimum atomic E-state index is -3.41. The van der Waals surface area contributed by atoms with E-state index in [0.717, 1.165) is 19.1 Å². The molecule has 34 heavy (non-hydrogen) atoms. The van der Waals surface area contributed by atoms with E-state index in [9.17, 15) is 13.2 Å². The van der Waals surface area contributed by atoms with Gasteiger partial charge in [-0.3, -0.25) is 4.68 Å². The summed E-state index contributed by atoms with van der Waals surface area (Å²) in [6.07, 6.45) is 7.68. The summed E-state index contributed by atoms with van der Waals surface area (Å²) < 4.78 is 25.2. The fourth-order valence-electron chi connectivity index (χ4n) is 5.13. The second-order valence-corrected chi connectivity index (χ2v) is 11.6. The molecule has 178 valence electrons. The van der Waals surface area contributed by atoms with Crippen molar-refractivity contribution in [1.82, 2.24) is 29.6 Å². The number of aryl methyl sites for hydroxylation is 1. The minimum Gasteiger partial charge on any atom is -0.308 e. The van der Waals surface area contributed by atoms with E-state index in [4.69, 9.17) is 11.6 Å². The number of aromatic nitrogens is 5. The highest BCUT2D eigenvalue weighted by atomic mass is 35.5. The number of sulfone groups is 1. The van der Waals surface area contributed by atoms with E-state index in [1.165, 1.54) is 12.4 Å². The maximum Gasteiger partial charge on any atom is 0.322 e. The van der Waals surface area contributed by atoms with Crippen LogP contribution < -0.4 is 5.32 Å². The number of hydrogen-bond acceptors (Lipinski definition) is 7. The van der Waals surface area contributed by atoms with E-state index < -0.39 is 15.4 Å². The second-order valence-electron chi connectivity index (χ2n) is 9.19. The summed E-state index contributed by atoms with van der Waals surface area (Å²) in [7, 11) is -1.64. The number of anilines is 1. The number of carbonyl (C=O) groups excluding carboxylic acids is 1. The van der Waals surface area contributed by atoms with Crippen LogP contribution in [0.3, 0.4) is 0 Å². The van der Waals surface area contributed by atoms with Crippen LogP contribution in [0.4, 0.5) is 10.5 Å². The first kappa shape index (κ1) is 22.7. The van der Waals surface area contributed by atoms with E-state index in [2.05, 4.69) is 32.3 Å².